The molecule has 0 saturated heterocycles. The average molecular weight is 329 g/mol. The third-order valence-corrected chi connectivity index (χ3v) is 6.52. The van der Waals surface area contributed by atoms with Gasteiger partial charge >= 0.3 is 5.97 Å². The molecule has 1 fully saturated rings. The van der Waals surface area contributed by atoms with E-state index in [1.54, 1.807) is 13.0 Å². The summed E-state index contributed by atoms with van der Waals surface area (Å²) in [6.07, 6.45) is 0. The van der Waals surface area contributed by atoms with Gasteiger partial charge in [-0.05, 0) is 24.6 Å². The monoisotopic (exact) mass is 329 g/mol. The predicted molar refractivity (Wildman–Crippen MR) is 80.5 cm³/mol. The fourth-order valence-corrected chi connectivity index (χ4v) is 5.19. The Morgan fingerprint density at radius 3 is 2.59 bits per heavy atom. The van der Waals surface area contributed by atoms with Crippen LogP contribution < -0.4 is 5.73 Å². The number of carbonyl (C=O) groups is 1. The van der Waals surface area contributed by atoms with Crippen LogP contribution in [0.2, 0.25) is 0 Å². The number of esters is 1. The summed E-state index contributed by atoms with van der Waals surface area (Å²) in [5, 5.41) is -0.962. The second kappa shape index (κ2) is 5.96. The molecule has 0 aromatic heterocycles. The van der Waals surface area contributed by atoms with E-state index in [4.69, 9.17) is 10.5 Å². The maximum absolute atomic E-state index is 13.5. The summed E-state index contributed by atoms with van der Waals surface area (Å²) in [5.74, 6) is -1.89. The van der Waals surface area contributed by atoms with Gasteiger partial charge in [0.2, 0.25) is 0 Å². The fourth-order valence-electron chi connectivity index (χ4n) is 3.12. The van der Waals surface area contributed by atoms with Gasteiger partial charge in [-0.3, -0.25) is 4.79 Å². The molecule has 1 aliphatic carbocycles. The molecule has 0 aliphatic heterocycles. The van der Waals surface area contributed by atoms with E-state index >= 15 is 0 Å². The Bertz CT molecular complexity index is 676. The molecule has 0 heterocycles. The fraction of sp³-hybridized carbons (Fsp3) is 0.533. The van der Waals surface area contributed by atoms with Crippen molar-refractivity contribution in [2.75, 3.05) is 18.9 Å². The average Bonchev–Trinajstić information content (AvgIpc) is 3.19. The maximum Gasteiger partial charge on any atom is 0.315 e. The van der Waals surface area contributed by atoms with Crippen LogP contribution in [-0.2, 0) is 19.4 Å². The van der Waals surface area contributed by atoms with Gasteiger partial charge in [0.25, 0.3) is 0 Å². The van der Waals surface area contributed by atoms with Crippen LogP contribution >= 0.6 is 0 Å². The number of sulfone groups is 1. The molecule has 22 heavy (non-hydrogen) atoms. The van der Waals surface area contributed by atoms with Crippen LogP contribution in [0, 0.1) is 11.2 Å². The van der Waals surface area contributed by atoms with Gasteiger partial charge < -0.3 is 10.5 Å². The topological polar surface area (TPSA) is 86.5 Å². The van der Waals surface area contributed by atoms with Crippen molar-refractivity contribution in [3.8, 4) is 0 Å². The van der Waals surface area contributed by atoms with Gasteiger partial charge in [-0.15, -0.1) is 0 Å². The zero-order valence-corrected chi connectivity index (χ0v) is 13.4. The molecule has 122 valence electrons. The Balaban J connectivity index is 2.52. The van der Waals surface area contributed by atoms with Crippen LogP contribution in [-0.4, -0.2) is 38.5 Å². The summed E-state index contributed by atoms with van der Waals surface area (Å²) in [7, 11) is -3.52. The van der Waals surface area contributed by atoms with E-state index < -0.39 is 38.2 Å². The molecule has 0 radical (unpaired) electrons. The third-order valence-electron chi connectivity index (χ3n) is 4.25. The predicted octanol–water partition coefficient (Wildman–Crippen LogP) is 1.23. The highest BCUT2D eigenvalue weighted by Gasteiger charge is 2.75. The van der Waals surface area contributed by atoms with Gasteiger partial charge in [-0.1, -0.05) is 19.1 Å². The second-order valence-corrected chi connectivity index (χ2v) is 7.78. The number of rotatable bonds is 6. The molecule has 1 aromatic carbocycles. The number of nitrogens with two attached hydrogens (primary N) is 1. The largest absolute Gasteiger partial charge is 0.465 e. The van der Waals surface area contributed by atoms with Crippen LogP contribution in [0.5, 0.6) is 0 Å². The Morgan fingerprint density at radius 2 is 2.09 bits per heavy atom. The highest BCUT2D eigenvalue weighted by Crippen LogP contribution is 2.63. The molecule has 1 aromatic rings. The molecule has 5 nitrogen and oxygen atoms in total. The first kappa shape index (κ1) is 16.9. The lowest BCUT2D eigenvalue weighted by molar-refractivity contribution is -0.149. The summed E-state index contributed by atoms with van der Waals surface area (Å²) < 4.78 is 43.2. The molecule has 0 spiro atoms. The second-order valence-electron chi connectivity index (χ2n) is 5.37. The quantitative estimate of drug-likeness (QED) is 0.793. The summed E-state index contributed by atoms with van der Waals surface area (Å²) in [6, 6.07) is 5.62. The van der Waals surface area contributed by atoms with Gasteiger partial charge in [0.15, 0.2) is 9.84 Å². The van der Waals surface area contributed by atoms with Crippen molar-refractivity contribution < 1.29 is 22.3 Å². The van der Waals surface area contributed by atoms with Crippen LogP contribution in [0.4, 0.5) is 4.39 Å². The molecular weight excluding hydrogens is 309 g/mol. The van der Waals surface area contributed by atoms with E-state index in [9.17, 15) is 17.6 Å². The third kappa shape index (κ3) is 2.52. The SMILES string of the molecule is CCOC(=O)[C@]1(CN)[C@H](c2cccc(F)c2)[C@@H]1S(=O)(=O)CC. The van der Waals surface area contributed by atoms with E-state index in [2.05, 4.69) is 0 Å². The summed E-state index contributed by atoms with van der Waals surface area (Å²) in [4.78, 5) is 12.3. The molecule has 0 bridgehead atoms. The minimum absolute atomic E-state index is 0.107. The van der Waals surface area contributed by atoms with E-state index in [1.165, 1.54) is 25.1 Å². The summed E-state index contributed by atoms with van der Waals surface area (Å²) in [5.41, 5.74) is 4.89. The van der Waals surface area contributed by atoms with E-state index in [1.807, 2.05) is 0 Å². The van der Waals surface area contributed by atoms with E-state index in [0.717, 1.165) is 0 Å². The van der Waals surface area contributed by atoms with Crippen molar-refractivity contribution >= 4 is 15.8 Å². The Hall–Kier alpha value is -1.47. The zero-order valence-electron chi connectivity index (χ0n) is 12.6. The van der Waals surface area contributed by atoms with Crippen LogP contribution in [0.25, 0.3) is 0 Å². The molecule has 7 heteroatoms. The smallest absolute Gasteiger partial charge is 0.315 e. The highest BCUT2D eigenvalue weighted by molar-refractivity contribution is 7.92. The van der Waals surface area contributed by atoms with Gasteiger partial charge in [-0.25, -0.2) is 12.8 Å². The summed E-state index contributed by atoms with van der Waals surface area (Å²) in [6.45, 7) is 3.14. The van der Waals surface area contributed by atoms with Crippen molar-refractivity contribution in [2.24, 2.45) is 11.1 Å². The van der Waals surface area contributed by atoms with Gasteiger partial charge in [-0.2, -0.15) is 0 Å². The lowest BCUT2D eigenvalue weighted by Crippen LogP contribution is -2.34. The van der Waals surface area contributed by atoms with Crippen molar-refractivity contribution in [2.45, 2.75) is 25.0 Å². The number of hydrogen-bond acceptors (Lipinski definition) is 5. The molecule has 2 N–H and O–H groups in total. The highest BCUT2D eigenvalue weighted by atomic mass is 32.2. The van der Waals surface area contributed by atoms with Crippen LogP contribution in [0.15, 0.2) is 24.3 Å². The molecular formula is C15H20FNO4S. The van der Waals surface area contributed by atoms with Gasteiger partial charge in [0.1, 0.15) is 11.2 Å². The Kier molecular flexibility index (Phi) is 4.58. The van der Waals surface area contributed by atoms with E-state index in [0.29, 0.717) is 5.56 Å². The normalized spacial score (nSPS) is 27.5. The lowest BCUT2D eigenvalue weighted by Gasteiger charge is -2.14. The number of halogens is 1. The molecule has 0 amide bonds. The number of hydrogen-bond donors (Lipinski definition) is 1. The molecule has 0 unspecified atom stereocenters. The zero-order chi connectivity index (χ0) is 16.5. The van der Waals surface area contributed by atoms with Crippen LogP contribution in [0.3, 0.4) is 0 Å². The first-order chi connectivity index (χ1) is 10.3. The maximum atomic E-state index is 13.5. The van der Waals surface area contributed by atoms with Gasteiger partial charge in [0, 0.05) is 18.2 Å². The van der Waals surface area contributed by atoms with Crippen molar-refractivity contribution in [1.82, 2.24) is 0 Å². The molecule has 1 saturated carbocycles. The molecule has 3 atom stereocenters. The number of carbonyl (C=O) groups excluding carboxylic acids is 1. The first-order valence-corrected chi connectivity index (χ1v) is 8.91. The Morgan fingerprint density at radius 1 is 1.41 bits per heavy atom. The summed E-state index contributed by atoms with van der Waals surface area (Å²) >= 11 is 0. The first-order valence-electron chi connectivity index (χ1n) is 7.19. The Labute approximate surface area is 129 Å². The van der Waals surface area contributed by atoms with Crippen molar-refractivity contribution in [3.05, 3.63) is 35.6 Å². The minimum atomic E-state index is -3.52. The number of benzene rings is 1. The molecule has 2 rings (SSSR count). The minimum Gasteiger partial charge on any atom is -0.465 e. The number of ether oxygens (including phenoxy) is 1. The van der Waals surface area contributed by atoms with Crippen molar-refractivity contribution in [3.63, 3.8) is 0 Å². The van der Waals surface area contributed by atoms with E-state index in [-0.39, 0.29) is 18.9 Å². The molecule has 1 aliphatic rings. The lowest BCUT2D eigenvalue weighted by atomic mass is 9.99. The van der Waals surface area contributed by atoms with Crippen molar-refractivity contribution in [1.29, 1.82) is 0 Å². The standard InChI is InChI=1S/C15H20FNO4S/c1-3-21-14(18)15(9-17)12(13(15)22(19,20)4-2)10-6-5-7-11(16)8-10/h5-8,12-13H,3-4,9,17H2,1-2H3/t12-,13+,15-/m1/s1. The van der Waals surface area contributed by atoms with Crippen LogP contribution in [0.1, 0.15) is 25.3 Å². The van der Waals surface area contributed by atoms with Gasteiger partial charge in [0.05, 0.1) is 11.9 Å².